The maximum absolute atomic E-state index is 10.5. The summed E-state index contributed by atoms with van der Waals surface area (Å²) in [5.74, 6) is 0.158. The van der Waals surface area contributed by atoms with Gasteiger partial charge in [0.25, 0.3) is 5.69 Å². The van der Waals surface area contributed by atoms with E-state index in [4.69, 9.17) is 16.3 Å². The standard InChI is InChI=1S/C14H12ClN3O4/c1-22-13-7-10(15)6-9(14(13)19)8-16-17-11-2-4-12(5-3-11)18(20)21/h2-8,17,19H,1H3. The number of phenolic OH excluding ortho intramolecular Hbond substituents is 1. The van der Waals surface area contributed by atoms with Gasteiger partial charge < -0.3 is 9.84 Å². The molecule has 0 heterocycles. The lowest BCUT2D eigenvalue weighted by molar-refractivity contribution is -0.384. The second kappa shape index (κ2) is 6.77. The highest BCUT2D eigenvalue weighted by Gasteiger charge is 2.08. The summed E-state index contributed by atoms with van der Waals surface area (Å²) >= 11 is 5.91. The fourth-order valence-corrected chi connectivity index (χ4v) is 1.90. The van der Waals surface area contributed by atoms with Crippen LogP contribution < -0.4 is 10.2 Å². The Morgan fingerprint density at radius 2 is 2.05 bits per heavy atom. The highest BCUT2D eigenvalue weighted by molar-refractivity contribution is 6.31. The molecule has 114 valence electrons. The van der Waals surface area contributed by atoms with Crippen molar-refractivity contribution in [3.8, 4) is 11.5 Å². The first-order valence-corrected chi connectivity index (χ1v) is 6.49. The number of anilines is 1. The van der Waals surface area contributed by atoms with Crippen molar-refractivity contribution in [2.24, 2.45) is 5.10 Å². The number of rotatable bonds is 5. The molecule has 0 saturated heterocycles. The third-order valence-corrected chi connectivity index (χ3v) is 2.98. The molecule has 0 spiro atoms. The Balaban J connectivity index is 2.12. The molecule has 0 fully saturated rings. The molecule has 0 aromatic heterocycles. The Bertz CT molecular complexity index is 717. The van der Waals surface area contributed by atoms with Crippen molar-refractivity contribution in [1.29, 1.82) is 0 Å². The minimum absolute atomic E-state index is 0.00764. The third-order valence-electron chi connectivity index (χ3n) is 2.76. The van der Waals surface area contributed by atoms with Crippen molar-refractivity contribution in [3.63, 3.8) is 0 Å². The van der Waals surface area contributed by atoms with Crippen LogP contribution in [0.4, 0.5) is 11.4 Å². The summed E-state index contributed by atoms with van der Waals surface area (Å²) in [6.07, 6.45) is 1.37. The molecular weight excluding hydrogens is 310 g/mol. The molecule has 2 aromatic rings. The van der Waals surface area contributed by atoms with Crippen LogP contribution in [0.2, 0.25) is 5.02 Å². The number of aromatic hydroxyl groups is 1. The number of nitro benzene ring substituents is 1. The first-order valence-electron chi connectivity index (χ1n) is 6.11. The SMILES string of the molecule is COc1cc(Cl)cc(C=NNc2ccc([N+](=O)[O-])cc2)c1O. The van der Waals surface area contributed by atoms with Crippen molar-refractivity contribution >= 4 is 29.2 Å². The number of ether oxygens (including phenoxy) is 1. The van der Waals surface area contributed by atoms with Crippen LogP contribution in [0.1, 0.15) is 5.56 Å². The van der Waals surface area contributed by atoms with Gasteiger partial charge in [0.1, 0.15) is 0 Å². The van der Waals surface area contributed by atoms with Crippen LogP contribution in [0, 0.1) is 10.1 Å². The lowest BCUT2D eigenvalue weighted by Gasteiger charge is -2.06. The Labute approximate surface area is 130 Å². The summed E-state index contributed by atoms with van der Waals surface area (Å²) in [7, 11) is 1.42. The van der Waals surface area contributed by atoms with Gasteiger partial charge in [-0.2, -0.15) is 5.10 Å². The molecule has 0 atom stereocenters. The van der Waals surface area contributed by atoms with Crippen molar-refractivity contribution < 1.29 is 14.8 Å². The molecule has 22 heavy (non-hydrogen) atoms. The van der Waals surface area contributed by atoms with Crippen LogP contribution in [0.25, 0.3) is 0 Å². The minimum atomic E-state index is -0.483. The van der Waals surface area contributed by atoms with Crippen molar-refractivity contribution in [1.82, 2.24) is 0 Å². The molecule has 0 aliphatic heterocycles. The zero-order chi connectivity index (χ0) is 16.1. The highest BCUT2D eigenvalue weighted by Crippen LogP contribution is 2.32. The number of nitro groups is 1. The van der Waals surface area contributed by atoms with E-state index < -0.39 is 4.92 Å². The van der Waals surface area contributed by atoms with E-state index in [1.54, 1.807) is 0 Å². The van der Waals surface area contributed by atoms with Crippen molar-refractivity contribution in [2.75, 3.05) is 12.5 Å². The number of non-ortho nitro benzene ring substituents is 1. The lowest BCUT2D eigenvalue weighted by atomic mass is 10.2. The smallest absolute Gasteiger partial charge is 0.269 e. The Kier molecular flexibility index (Phi) is 4.80. The van der Waals surface area contributed by atoms with E-state index in [9.17, 15) is 15.2 Å². The molecule has 0 radical (unpaired) electrons. The van der Waals surface area contributed by atoms with E-state index >= 15 is 0 Å². The van der Waals surface area contributed by atoms with Crippen LogP contribution in [-0.4, -0.2) is 23.4 Å². The van der Waals surface area contributed by atoms with Crippen molar-refractivity contribution in [2.45, 2.75) is 0 Å². The Morgan fingerprint density at radius 1 is 1.36 bits per heavy atom. The summed E-state index contributed by atoms with van der Waals surface area (Å²) in [5.41, 5.74) is 3.63. The fourth-order valence-electron chi connectivity index (χ4n) is 1.68. The van der Waals surface area contributed by atoms with Crippen LogP contribution in [0.3, 0.4) is 0 Å². The second-order valence-corrected chi connectivity index (χ2v) is 4.66. The molecule has 0 aliphatic carbocycles. The van der Waals surface area contributed by atoms with Gasteiger partial charge in [0.05, 0.1) is 23.9 Å². The zero-order valence-electron chi connectivity index (χ0n) is 11.5. The molecule has 0 aliphatic rings. The minimum Gasteiger partial charge on any atom is -0.504 e. The van der Waals surface area contributed by atoms with Crippen LogP contribution in [-0.2, 0) is 0 Å². The first-order chi connectivity index (χ1) is 10.5. The molecule has 7 nitrogen and oxygen atoms in total. The Morgan fingerprint density at radius 3 is 2.64 bits per heavy atom. The van der Waals surface area contributed by atoms with Gasteiger partial charge in [-0.25, -0.2) is 0 Å². The van der Waals surface area contributed by atoms with Gasteiger partial charge in [0.15, 0.2) is 11.5 Å². The highest BCUT2D eigenvalue weighted by atomic mass is 35.5. The molecule has 2 N–H and O–H groups in total. The maximum Gasteiger partial charge on any atom is 0.269 e. The van der Waals surface area contributed by atoms with Crippen LogP contribution >= 0.6 is 11.6 Å². The number of hydrazone groups is 1. The molecule has 0 unspecified atom stereocenters. The average Bonchev–Trinajstić information content (AvgIpc) is 2.50. The maximum atomic E-state index is 10.5. The molecular formula is C14H12ClN3O4. The number of nitrogens with zero attached hydrogens (tertiary/aromatic N) is 2. The normalized spacial score (nSPS) is 10.6. The number of hydrogen-bond acceptors (Lipinski definition) is 6. The fraction of sp³-hybridized carbons (Fsp3) is 0.0714. The van der Waals surface area contributed by atoms with Gasteiger partial charge in [-0.1, -0.05) is 11.6 Å². The number of methoxy groups -OCH3 is 1. The van der Waals surface area contributed by atoms with E-state index in [2.05, 4.69) is 10.5 Å². The largest absolute Gasteiger partial charge is 0.504 e. The average molecular weight is 322 g/mol. The summed E-state index contributed by atoms with van der Waals surface area (Å²) in [6, 6.07) is 8.77. The number of phenols is 1. The monoisotopic (exact) mass is 321 g/mol. The van der Waals surface area contributed by atoms with Crippen LogP contribution in [0.5, 0.6) is 11.5 Å². The van der Waals surface area contributed by atoms with E-state index in [0.29, 0.717) is 16.3 Å². The lowest BCUT2D eigenvalue weighted by Crippen LogP contribution is -1.93. The summed E-state index contributed by atoms with van der Waals surface area (Å²) in [6.45, 7) is 0. The van der Waals surface area contributed by atoms with E-state index in [-0.39, 0.29) is 17.2 Å². The Hall–Kier alpha value is -2.80. The second-order valence-electron chi connectivity index (χ2n) is 4.22. The first kappa shape index (κ1) is 15.6. The zero-order valence-corrected chi connectivity index (χ0v) is 12.2. The summed E-state index contributed by atoms with van der Waals surface area (Å²) < 4.78 is 4.99. The number of benzene rings is 2. The molecule has 8 heteroatoms. The van der Waals surface area contributed by atoms with Gasteiger partial charge in [-0.15, -0.1) is 0 Å². The number of nitrogens with one attached hydrogen (secondary N) is 1. The quantitative estimate of drug-likeness (QED) is 0.499. The number of hydrogen-bond donors (Lipinski definition) is 2. The predicted octanol–water partition coefficient (Wildman–Crippen LogP) is 3.41. The van der Waals surface area contributed by atoms with Gasteiger partial charge in [0, 0.05) is 28.8 Å². The molecule has 2 rings (SSSR count). The van der Waals surface area contributed by atoms with Gasteiger partial charge in [0.2, 0.25) is 0 Å². The van der Waals surface area contributed by atoms with Gasteiger partial charge >= 0.3 is 0 Å². The van der Waals surface area contributed by atoms with Gasteiger partial charge in [-0.05, 0) is 18.2 Å². The topological polar surface area (TPSA) is 97.0 Å². The summed E-state index contributed by atoms with van der Waals surface area (Å²) in [5, 5.41) is 24.8. The number of halogens is 1. The summed E-state index contributed by atoms with van der Waals surface area (Å²) in [4.78, 5) is 10.1. The third kappa shape index (κ3) is 3.64. The van der Waals surface area contributed by atoms with E-state index in [1.807, 2.05) is 0 Å². The van der Waals surface area contributed by atoms with Gasteiger partial charge in [-0.3, -0.25) is 15.5 Å². The molecule has 0 bridgehead atoms. The predicted molar refractivity (Wildman–Crippen MR) is 84.0 cm³/mol. The van der Waals surface area contributed by atoms with E-state index in [0.717, 1.165) is 0 Å². The van der Waals surface area contributed by atoms with E-state index in [1.165, 1.54) is 49.7 Å². The van der Waals surface area contributed by atoms with Crippen LogP contribution in [0.15, 0.2) is 41.5 Å². The van der Waals surface area contributed by atoms with Crippen molar-refractivity contribution in [3.05, 3.63) is 57.1 Å². The molecule has 2 aromatic carbocycles. The molecule has 0 amide bonds. The molecule has 0 saturated carbocycles.